The zero-order valence-electron chi connectivity index (χ0n) is 15.3. The molecule has 7 heteroatoms. The fourth-order valence-corrected chi connectivity index (χ4v) is 4.26. The van der Waals surface area contributed by atoms with Crippen LogP contribution in [0.3, 0.4) is 0 Å². The van der Waals surface area contributed by atoms with Crippen molar-refractivity contribution in [1.82, 2.24) is 15.1 Å². The summed E-state index contributed by atoms with van der Waals surface area (Å²) < 4.78 is 38.2. The number of hydrogen-bond donors (Lipinski definition) is 1. The van der Waals surface area contributed by atoms with Crippen molar-refractivity contribution in [3.63, 3.8) is 0 Å². The zero-order valence-corrected chi connectivity index (χ0v) is 15.3. The zero-order chi connectivity index (χ0) is 19.0. The van der Waals surface area contributed by atoms with Gasteiger partial charge in [0.25, 0.3) is 0 Å². The summed E-state index contributed by atoms with van der Waals surface area (Å²) in [6, 6.07) is 10.9. The number of likely N-dealkylation sites (tertiary alicyclic amines) is 2. The number of benzene rings is 1. The quantitative estimate of drug-likeness (QED) is 0.867. The molecule has 1 N–H and O–H groups in total. The predicted molar refractivity (Wildman–Crippen MR) is 96.4 cm³/mol. The van der Waals surface area contributed by atoms with Crippen LogP contribution in [-0.4, -0.2) is 60.8 Å². The lowest BCUT2D eigenvalue weighted by Crippen LogP contribution is -2.58. The monoisotopic (exact) mass is 381 g/mol. The van der Waals surface area contributed by atoms with Crippen LogP contribution in [0.4, 0.5) is 18.0 Å². The number of rotatable bonds is 4. The Bertz CT molecular complexity index is 652. The molecule has 4 rings (SSSR count). The molecule has 4 nitrogen and oxygen atoms in total. The van der Waals surface area contributed by atoms with Gasteiger partial charge in [-0.2, -0.15) is 13.2 Å². The Labute approximate surface area is 157 Å². The summed E-state index contributed by atoms with van der Waals surface area (Å²) in [6.45, 7) is 2.72. The van der Waals surface area contributed by atoms with Crippen LogP contribution in [0.25, 0.3) is 0 Å². The molecule has 2 heterocycles. The summed E-state index contributed by atoms with van der Waals surface area (Å²) in [4.78, 5) is 15.8. The van der Waals surface area contributed by atoms with E-state index in [4.69, 9.17) is 0 Å². The highest BCUT2D eigenvalue weighted by Crippen LogP contribution is 2.40. The first kappa shape index (κ1) is 18.6. The van der Waals surface area contributed by atoms with Gasteiger partial charge in [0.15, 0.2) is 0 Å². The van der Waals surface area contributed by atoms with E-state index in [2.05, 4.69) is 29.6 Å². The number of halogens is 3. The van der Waals surface area contributed by atoms with Crippen LogP contribution in [0.15, 0.2) is 30.3 Å². The third-order valence-electron chi connectivity index (χ3n) is 6.14. The van der Waals surface area contributed by atoms with Crippen molar-refractivity contribution in [1.29, 1.82) is 0 Å². The van der Waals surface area contributed by atoms with E-state index in [1.807, 2.05) is 6.07 Å². The van der Waals surface area contributed by atoms with Crippen LogP contribution < -0.4 is 5.32 Å². The van der Waals surface area contributed by atoms with Gasteiger partial charge < -0.3 is 15.1 Å². The maximum Gasteiger partial charge on any atom is 0.391 e. The van der Waals surface area contributed by atoms with Crippen LogP contribution in [-0.2, 0) is 0 Å². The molecule has 0 aromatic heterocycles. The molecule has 1 aromatic carbocycles. The highest BCUT2D eigenvalue weighted by molar-refractivity contribution is 5.75. The predicted octanol–water partition coefficient (Wildman–Crippen LogP) is 3.46. The molecule has 148 valence electrons. The third-order valence-corrected chi connectivity index (χ3v) is 6.14. The minimum absolute atomic E-state index is 0.0244. The van der Waals surface area contributed by atoms with Crippen LogP contribution in [0, 0.1) is 11.8 Å². The topological polar surface area (TPSA) is 35.6 Å². The van der Waals surface area contributed by atoms with E-state index in [0.29, 0.717) is 31.0 Å². The SMILES string of the molecule is O=C(N1CCC(C(F)(F)F)CC1)N1CC(CN[C@H]2CC2c2ccccc2)C1. The molecular formula is C20H26F3N3O. The number of nitrogens with one attached hydrogen (secondary N) is 1. The molecule has 2 atom stereocenters. The summed E-state index contributed by atoms with van der Waals surface area (Å²) in [7, 11) is 0. The van der Waals surface area contributed by atoms with Crippen molar-refractivity contribution in [2.75, 3.05) is 32.7 Å². The van der Waals surface area contributed by atoms with Crippen molar-refractivity contribution < 1.29 is 18.0 Å². The van der Waals surface area contributed by atoms with Crippen LogP contribution >= 0.6 is 0 Å². The molecule has 0 bridgehead atoms. The van der Waals surface area contributed by atoms with E-state index in [1.54, 1.807) is 9.80 Å². The molecule has 1 aliphatic carbocycles. The molecule has 27 heavy (non-hydrogen) atoms. The first-order valence-corrected chi connectivity index (χ1v) is 9.80. The Hall–Kier alpha value is -1.76. The highest BCUT2D eigenvalue weighted by Gasteiger charge is 2.43. The largest absolute Gasteiger partial charge is 0.391 e. The summed E-state index contributed by atoms with van der Waals surface area (Å²) in [5, 5.41) is 3.59. The molecule has 3 fully saturated rings. The normalized spacial score (nSPS) is 26.8. The number of hydrogen-bond acceptors (Lipinski definition) is 2. The molecule has 3 aliphatic rings. The van der Waals surface area contributed by atoms with Crippen molar-refractivity contribution in [2.45, 2.75) is 37.4 Å². The Morgan fingerprint density at radius 1 is 1.07 bits per heavy atom. The number of alkyl halides is 3. The number of nitrogens with zero attached hydrogens (tertiary/aromatic N) is 2. The van der Waals surface area contributed by atoms with Gasteiger partial charge in [-0.3, -0.25) is 0 Å². The fourth-order valence-electron chi connectivity index (χ4n) is 4.26. The number of carbonyl (C=O) groups is 1. The van der Waals surface area contributed by atoms with Crippen LogP contribution in [0.1, 0.15) is 30.7 Å². The van der Waals surface area contributed by atoms with Crippen molar-refractivity contribution in [2.24, 2.45) is 11.8 Å². The summed E-state index contributed by atoms with van der Waals surface area (Å²) in [5.74, 6) is -0.219. The molecule has 0 spiro atoms. The van der Waals surface area contributed by atoms with Gasteiger partial charge in [0, 0.05) is 50.6 Å². The van der Waals surface area contributed by atoms with Gasteiger partial charge >= 0.3 is 12.2 Å². The van der Waals surface area contributed by atoms with Gasteiger partial charge in [0.1, 0.15) is 0 Å². The van der Waals surface area contributed by atoms with Gasteiger partial charge in [-0.25, -0.2) is 4.79 Å². The van der Waals surface area contributed by atoms with E-state index >= 15 is 0 Å². The molecule has 1 unspecified atom stereocenters. The summed E-state index contributed by atoms with van der Waals surface area (Å²) >= 11 is 0. The van der Waals surface area contributed by atoms with Crippen molar-refractivity contribution in [3.05, 3.63) is 35.9 Å². The molecule has 2 saturated heterocycles. The second-order valence-electron chi connectivity index (χ2n) is 8.12. The maximum atomic E-state index is 12.7. The molecule has 2 aliphatic heterocycles. The van der Waals surface area contributed by atoms with Gasteiger partial charge in [-0.05, 0) is 24.8 Å². The third kappa shape index (κ3) is 4.23. The molecule has 1 saturated carbocycles. The van der Waals surface area contributed by atoms with Gasteiger partial charge in [-0.1, -0.05) is 30.3 Å². The molecule has 2 amide bonds. The average Bonchev–Trinajstić information content (AvgIpc) is 3.40. The van der Waals surface area contributed by atoms with E-state index in [1.165, 1.54) is 5.56 Å². The van der Waals surface area contributed by atoms with E-state index in [9.17, 15) is 18.0 Å². The lowest BCUT2D eigenvalue weighted by atomic mass is 9.96. The summed E-state index contributed by atoms with van der Waals surface area (Å²) in [5.41, 5.74) is 1.38. The standard InChI is InChI=1S/C20H26F3N3O/c21-20(22,23)16-6-8-25(9-7-16)19(27)26-12-14(13-26)11-24-18-10-17(18)15-4-2-1-3-5-15/h1-5,14,16-18,24H,6-13H2/t17?,18-/m0/s1. The number of piperidine rings is 1. The molecule has 1 aromatic rings. The second-order valence-corrected chi connectivity index (χ2v) is 8.12. The number of urea groups is 1. The average molecular weight is 381 g/mol. The van der Waals surface area contributed by atoms with E-state index in [0.717, 1.165) is 13.0 Å². The highest BCUT2D eigenvalue weighted by atomic mass is 19.4. The number of carbonyl (C=O) groups excluding carboxylic acids is 1. The lowest BCUT2D eigenvalue weighted by molar-refractivity contribution is -0.183. The maximum absolute atomic E-state index is 12.7. The van der Waals surface area contributed by atoms with E-state index < -0.39 is 12.1 Å². The first-order valence-electron chi connectivity index (χ1n) is 9.80. The van der Waals surface area contributed by atoms with Crippen molar-refractivity contribution >= 4 is 6.03 Å². The first-order chi connectivity index (χ1) is 12.9. The van der Waals surface area contributed by atoms with E-state index in [-0.39, 0.29) is 32.0 Å². The van der Waals surface area contributed by atoms with Crippen molar-refractivity contribution in [3.8, 4) is 0 Å². The summed E-state index contributed by atoms with van der Waals surface area (Å²) in [6.07, 6.45) is -2.93. The Morgan fingerprint density at radius 2 is 1.74 bits per heavy atom. The molecule has 0 radical (unpaired) electrons. The van der Waals surface area contributed by atoms with Crippen LogP contribution in [0.5, 0.6) is 0 Å². The minimum atomic E-state index is -4.14. The Balaban J connectivity index is 1.14. The van der Waals surface area contributed by atoms with Gasteiger partial charge in [0.05, 0.1) is 5.92 Å². The molecular weight excluding hydrogens is 355 g/mol. The van der Waals surface area contributed by atoms with Gasteiger partial charge in [0.2, 0.25) is 0 Å². The number of amides is 2. The second kappa shape index (κ2) is 7.34. The minimum Gasteiger partial charge on any atom is -0.325 e. The van der Waals surface area contributed by atoms with Gasteiger partial charge in [-0.15, -0.1) is 0 Å². The van der Waals surface area contributed by atoms with Crippen LogP contribution in [0.2, 0.25) is 0 Å². The smallest absolute Gasteiger partial charge is 0.325 e. The fraction of sp³-hybridized carbons (Fsp3) is 0.650. The lowest BCUT2D eigenvalue weighted by Gasteiger charge is -2.43. The Morgan fingerprint density at radius 3 is 2.37 bits per heavy atom. The Kier molecular flexibility index (Phi) is 5.05.